The van der Waals surface area contributed by atoms with Crippen LogP contribution in [0.25, 0.3) is 0 Å². The summed E-state index contributed by atoms with van der Waals surface area (Å²) in [4.78, 5) is 45.6. The van der Waals surface area contributed by atoms with Crippen LogP contribution in [0.4, 0.5) is 4.79 Å². The Balaban J connectivity index is 1.51. The van der Waals surface area contributed by atoms with Crippen LogP contribution in [0.15, 0.2) is 24.5 Å². The topological polar surface area (TPSA) is 94.6 Å². The van der Waals surface area contributed by atoms with Crippen molar-refractivity contribution < 1.29 is 14.4 Å². The number of rotatable bonds is 5. The highest BCUT2D eigenvalue weighted by atomic mass is 16.2. The normalized spacial score (nSPS) is 25.7. The lowest BCUT2D eigenvalue weighted by atomic mass is 9.93. The van der Waals surface area contributed by atoms with Crippen LogP contribution in [-0.4, -0.2) is 63.8 Å². The Kier molecular flexibility index (Phi) is 5.57. The standard InChI is InChI=1S/C20H27N5O3/c26-17(23-15-6-1-2-7-15)13-24-16-8-4-10-22-18(16)19(27)25(20(24)28)12-14-5-3-9-21-11-14/h3,5,9,11,15-16,18,22H,1-2,4,6-8,10,12-13H2,(H,23,26). The minimum absolute atomic E-state index is 0.00496. The minimum Gasteiger partial charge on any atom is -0.352 e. The number of piperidine rings is 1. The Labute approximate surface area is 164 Å². The fourth-order valence-electron chi connectivity index (χ4n) is 4.52. The molecule has 0 bridgehead atoms. The molecule has 0 radical (unpaired) electrons. The molecule has 1 aromatic rings. The molecule has 2 N–H and O–H groups in total. The van der Waals surface area contributed by atoms with Gasteiger partial charge >= 0.3 is 6.03 Å². The number of carbonyl (C=O) groups excluding carboxylic acids is 3. The zero-order valence-electron chi connectivity index (χ0n) is 16.0. The van der Waals surface area contributed by atoms with Crippen LogP contribution in [0.1, 0.15) is 44.1 Å². The van der Waals surface area contributed by atoms with Crippen LogP contribution in [0, 0.1) is 0 Å². The summed E-state index contributed by atoms with van der Waals surface area (Å²) < 4.78 is 0. The summed E-state index contributed by atoms with van der Waals surface area (Å²) in [6.07, 6.45) is 9.18. The lowest BCUT2D eigenvalue weighted by molar-refractivity contribution is -0.139. The van der Waals surface area contributed by atoms with E-state index < -0.39 is 6.04 Å². The number of hydrogen-bond donors (Lipinski definition) is 2. The average Bonchev–Trinajstić information content (AvgIpc) is 3.22. The molecule has 28 heavy (non-hydrogen) atoms. The van der Waals surface area contributed by atoms with E-state index in [0.29, 0.717) is 0 Å². The van der Waals surface area contributed by atoms with Gasteiger partial charge in [-0.1, -0.05) is 18.9 Å². The number of imide groups is 1. The van der Waals surface area contributed by atoms with Gasteiger partial charge in [0.1, 0.15) is 12.6 Å². The third-order valence-corrected chi connectivity index (χ3v) is 5.93. The van der Waals surface area contributed by atoms with Crippen molar-refractivity contribution >= 4 is 17.8 Å². The molecular weight excluding hydrogens is 358 g/mol. The number of hydrogen-bond acceptors (Lipinski definition) is 5. The van der Waals surface area contributed by atoms with Gasteiger partial charge < -0.3 is 15.5 Å². The quantitative estimate of drug-likeness (QED) is 0.789. The molecule has 1 saturated carbocycles. The third kappa shape index (κ3) is 3.87. The van der Waals surface area contributed by atoms with E-state index in [9.17, 15) is 14.4 Å². The average molecular weight is 385 g/mol. The van der Waals surface area contributed by atoms with Crippen molar-refractivity contribution in [3.8, 4) is 0 Å². The van der Waals surface area contributed by atoms with Gasteiger partial charge in [0, 0.05) is 18.4 Å². The molecular formula is C20H27N5O3. The first kappa shape index (κ1) is 18.9. The number of aromatic nitrogens is 1. The van der Waals surface area contributed by atoms with E-state index in [1.165, 1.54) is 4.90 Å². The van der Waals surface area contributed by atoms with Crippen LogP contribution in [-0.2, 0) is 16.1 Å². The van der Waals surface area contributed by atoms with Gasteiger partial charge in [-0.2, -0.15) is 0 Å². The highest BCUT2D eigenvalue weighted by Crippen LogP contribution is 2.26. The minimum atomic E-state index is -0.456. The number of carbonyl (C=O) groups is 3. The van der Waals surface area contributed by atoms with Crippen LogP contribution in [0.5, 0.6) is 0 Å². The van der Waals surface area contributed by atoms with E-state index in [2.05, 4.69) is 15.6 Å². The molecule has 3 aliphatic rings. The van der Waals surface area contributed by atoms with Crippen molar-refractivity contribution in [3.63, 3.8) is 0 Å². The molecule has 2 atom stereocenters. The molecule has 150 valence electrons. The molecule has 1 aromatic heterocycles. The first-order chi connectivity index (χ1) is 13.6. The summed E-state index contributed by atoms with van der Waals surface area (Å²) in [6, 6.07) is 2.71. The highest BCUT2D eigenvalue weighted by molar-refractivity contribution is 6.01. The second-order valence-electron chi connectivity index (χ2n) is 7.89. The first-order valence-electron chi connectivity index (χ1n) is 10.2. The second-order valence-corrected chi connectivity index (χ2v) is 7.89. The molecule has 2 unspecified atom stereocenters. The predicted octanol–water partition coefficient (Wildman–Crippen LogP) is 1.03. The summed E-state index contributed by atoms with van der Waals surface area (Å²) in [5.41, 5.74) is 0.786. The van der Waals surface area contributed by atoms with E-state index in [1.807, 2.05) is 6.07 Å². The lowest BCUT2D eigenvalue weighted by Crippen LogP contribution is -2.70. The maximum atomic E-state index is 13.2. The van der Waals surface area contributed by atoms with Crippen molar-refractivity contribution in [2.45, 2.75) is 63.2 Å². The van der Waals surface area contributed by atoms with Gasteiger partial charge in [-0.15, -0.1) is 0 Å². The van der Waals surface area contributed by atoms with Crippen molar-refractivity contribution in [2.75, 3.05) is 13.1 Å². The van der Waals surface area contributed by atoms with E-state index in [0.717, 1.165) is 50.6 Å². The van der Waals surface area contributed by atoms with Gasteiger partial charge in [0.25, 0.3) is 0 Å². The molecule has 8 nitrogen and oxygen atoms in total. The zero-order valence-corrected chi connectivity index (χ0v) is 16.0. The third-order valence-electron chi connectivity index (χ3n) is 5.93. The lowest BCUT2D eigenvalue weighted by Gasteiger charge is -2.46. The molecule has 3 fully saturated rings. The summed E-state index contributed by atoms with van der Waals surface area (Å²) in [7, 11) is 0. The van der Waals surface area contributed by atoms with Crippen LogP contribution in [0.3, 0.4) is 0 Å². The Morgan fingerprint density at radius 1 is 1.21 bits per heavy atom. The number of pyridine rings is 1. The summed E-state index contributed by atoms with van der Waals surface area (Å²) >= 11 is 0. The van der Waals surface area contributed by atoms with Gasteiger partial charge in [0.05, 0.1) is 12.6 Å². The highest BCUT2D eigenvalue weighted by Gasteiger charge is 2.47. The Hall–Kier alpha value is -2.48. The number of nitrogens with one attached hydrogen (secondary N) is 2. The fraction of sp³-hybridized carbons (Fsp3) is 0.600. The van der Waals surface area contributed by atoms with Crippen LogP contribution in [0.2, 0.25) is 0 Å². The van der Waals surface area contributed by atoms with Gasteiger partial charge in [-0.25, -0.2) is 4.79 Å². The second kappa shape index (κ2) is 8.26. The fourth-order valence-corrected chi connectivity index (χ4v) is 4.52. The van der Waals surface area contributed by atoms with E-state index in [1.54, 1.807) is 23.4 Å². The maximum Gasteiger partial charge on any atom is 0.327 e. The zero-order chi connectivity index (χ0) is 19.5. The number of nitrogens with zero attached hydrogens (tertiary/aromatic N) is 3. The Bertz CT molecular complexity index is 735. The summed E-state index contributed by atoms with van der Waals surface area (Å²) in [5.74, 6) is -0.355. The summed E-state index contributed by atoms with van der Waals surface area (Å²) in [6.45, 7) is 0.899. The van der Waals surface area contributed by atoms with Crippen LogP contribution >= 0.6 is 0 Å². The maximum absolute atomic E-state index is 13.2. The predicted molar refractivity (Wildman–Crippen MR) is 102 cm³/mol. The van der Waals surface area contributed by atoms with Gasteiger partial charge in [0.2, 0.25) is 11.8 Å². The SMILES string of the molecule is O=C(CN1C(=O)N(Cc2cccnc2)C(=O)C2NCCCC21)NC1CCCC1. The summed E-state index contributed by atoms with van der Waals surface area (Å²) in [5, 5.41) is 6.30. The molecule has 8 heteroatoms. The van der Waals surface area contributed by atoms with Crippen molar-refractivity contribution in [1.29, 1.82) is 0 Å². The first-order valence-corrected chi connectivity index (χ1v) is 10.2. The van der Waals surface area contributed by atoms with Gasteiger partial charge in [-0.3, -0.25) is 19.5 Å². The number of amides is 4. The molecule has 4 amide bonds. The largest absolute Gasteiger partial charge is 0.352 e. The molecule has 0 spiro atoms. The molecule has 0 aromatic carbocycles. The van der Waals surface area contributed by atoms with Crippen molar-refractivity contribution in [1.82, 2.24) is 25.4 Å². The van der Waals surface area contributed by atoms with Crippen molar-refractivity contribution in [2.24, 2.45) is 0 Å². The Morgan fingerprint density at radius 3 is 2.79 bits per heavy atom. The van der Waals surface area contributed by atoms with Gasteiger partial charge in [-0.05, 0) is 43.9 Å². The molecule has 1 aliphatic carbocycles. The van der Waals surface area contributed by atoms with E-state index >= 15 is 0 Å². The monoisotopic (exact) mass is 385 g/mol. The number of fused-ring (bicyclic) bond motifs is 1. The molecule has 2 saturated heterocycles. The van der Waals surface area contributed by atoms with Crippen LogP contribution < -0.4 is 10.6 Å². The van der Waals surface area contributed by atoms with Crippen molar-refractivity contribution in [3.05, 3.63) is 30.1 Å². The number of urea groups is 1. The Morgan fingerprint density at radius 2 is 2.04 bits per heavy atom. The molecule has 4 rings (SSSR count). The van der Waals surface area contributed by atoms with E-state index in [-0.39, 0.29) is 43.0 Å². The molecule has 3 heterocycles. The van der Waals surface area contributed by atoms with Gasteiger partial charge in [0.15, 0.2) is 0 Å². The van der Waals surface area contributed by atoms with E-state index in [4.69, 9.17) is 0 Å². The smallest absolute Gasteiger partial charge is 0.327 e. The molecule has 2 aliphatic heterocycles.